The van der Waals surface area contributed by atoms with Gasteiger partial charge in [0.25, 0.3) is 0 Å². The van der Waals surface area contributed by atoms with E-state index in [0.717, 1.165) is 0 Å². The number of rotatable bonds is 3. The molecule has 4 rings (SSSR count). The number of hydrogen-bond acceptors (Lipinski definition) is 1. The Balaban J connectivity index is 1.74. The van der Waals surface area contributed by atoms with Crippen molar-refractivity contribution in [2.24, 2.45) is 7.05 Å². The molecule has 3 aromatic carbocycles. The molecule has 0 unspecified atom stereocenters. The summed E-state index contributed by atoms with van der Waals surface area (Å²) in [6.45, 7) is 0. The SMILES string of the molecule is CN(C)c1ccc(C=Cc2[se]c3c4ccccc4ccc3[n+]2C)cc1. The molecule has 0 N–H and O–H groups in total. The Morgan fingerprint density at radius 2 is 1.64 bits per heavy atom. The van der Waals surface area contributed by atoms with Crippen molar-refractivity contribution in [2.45, 2.75) is 0 Å². The van der Waals surface area contributed by atoms with Crippen LogP contribution < -0.4 is 9.47 Å². The standard InChI is InChI=1S/C22H21N2Se/c1-23(2)18-12-8-16(9-13-18)10-15-21-24(3)20-14-11-17-6-4-5-7-19(17)22(20)25-21/h4-15H,1-3H3/q+1. The van der Waals surface area contributed by atoms with Gasteiger partial charge >= 0.3 is 154 Å². The number of fused-ring (bicyclic) bond motifs is 3. The molecule has 1 heterocycles. The first-order valence-corrected chi connectivity index (χ1v) is 10.1. The molecule has 0 radical (unpaired) electrons. The molecule has 0 amide bonds. The van der Waals surface area contributed by atoms with Crippen LogP contribution in [0.1, 0.15) is 10.1 Å². The molecular weight excluding hydrogens is 371 g/mol. The molecule has 2 nitrogen and oxygen atoms in total. The zero-order valence-electron chi connectivity index (χ0n) is 14.7. The molecule has 0 aliphatic rings. The number of nitrogens with zero attached hydrogens (tertiary/aromatic N) is 2. The van der Waals surface area contributed by atoms with Gasteiger partial charge in [-0.25, -0.2) is 0 Å². The maximum atomic E-state index is 2.34. The molecule has 0 saturated carbocycles. The molecule has 0 atom stereocenters. The van der Waals surface area contributed by atoms with Crippen LogP contribution in [-0.4, -0.2) is 28.6 Å². The molecule has 0 spiro atoms. The maximum absolute atomic E-state index is 2.34. The summed E-state index contributed by atoms with van der Waals surface area (Å²) in [5.74, 6) is 0. The van der Waals surface area contributed by atoms with Crippen LogP contribution >= 0.6 is 0 Å². The van der Waals surface area contributed by atoms with E-state index in [1.54, 1.807) is 0 Å². The minimum atomic E-state index is 0.338. The van der Waals surface area contributed by atoms with E-state index in [4.69, 9.17) is 0 Å². The van der Waals surface area contributed by atoms with Crippen LogP contribution in [0.4, 0.5) is 5.69 Å². The molecule has 124 valence electrons. The van der Waals surface area contributed by atoms with E-state index in [1.807, 2.05) is 0 Å². The molecule has 0 aliphatic heterocycles. The predicted molar refractivity (Wildman–Crippen MR) is 109 cm³/mol. The topological polar surface area (TPSA) is 7.12 Å². The number of aromatic nitrogens is 1. The van der Waals surface area contributed by atoms with Crippen molar-refractivity contribution < 1.29 is 4.57 Å². The summed E-state index contributed by atoms with van der Waals surface area (Å²) in [6.07, 6.45) is 4.50. The molecule has 0 bridgehead atoms. The van der Waals surface area contributed by atoms with Gasteiger partial charge < -0.3 is 0 Å². The summed E-state index contributed by atoms with van der Waals surface area (Å²) < 4.78 is 5.23. The van der Waals surface area contributed by atoms with Gasteiger partial charge in [0.05, 0.1) is 0 Å². The minimum absolute atomic E-state index is 0.338. The monoisotopic (exact) mass is 393 g/mol. The van der Waals surface area contributed by atoms with Gasteiger partial charge in [0.15, 0.2) is 0 Å². The first-order valence-electron chi connectivity index (χ1n) is 8.39. The Morgan fingerprint density at radius 1 is 0.880 bits per heavy atom. The fourth-order valence-corrected chi connectivity index (χ4v) is 5.58. The third-order valence-corrected chi connectivity index (χ3v) is 7.21. The zero-order valence-corrected chi connectivity index (χ0v) is 16.4. The van der Waals surface area contributed by atoms with Gasteiger partial charge in [0.1, 0.15) is 0 Å². The summed E-state index contributed by atoms with van der Waals surface area (Å²) in [7, 11) is 6.31. The Labute approximate surface area is 154 Å². The van der Waals surface area contributed by atoms with Gasteiger partial charge in [-0.15, -0.1) is 0 Å². The van der Waals surface area contributed by atoms with E-state index in [-0.39, 0.29) is 0 Å². The molecule has 4 aromatic rings. The Morgan fingerprint density at radius 3 is 2.40 bits per heavy atom. The van der Waals surface area contributed by atoms with E-state index in [0.29, 0.717) is 14.5 Å². The van der Waals surface area contributed by atoms with Crippen molar-refractivity contribution in [3.8, 4) is 0 Å². The van der Waals surface area contributed by atoms with Gasteiger partial charge in [-0.3, -0.25) is 0 Å². The van der Waals surface area contributed by atoms with Gasteiger partial charge in [0, 0.05) is 0 Å². The molecule has 1 aromatic heterocycles. The fraction of sp³-hybridized carbons (Fsp3) is 0.136. The van der Waals surface area contributed by atoms with E-state index >= 15 is 0 Å². The van der Waals surface area contributed by atoms with Crippen LogP contribution in [-0.2, 0) is 7.05 Å². The molecule has 25 heavy (non-hydrogen) atoms. The average molecular weight is 392 g/mol. The van der Waals surface area contributed by atoms with Gasteiger partial charge in [0.2, 0.25) is 0 Å². The van der Waals surface area contributed by atoms with Gasteiger partial charge in [-0.2, -0.15) is 0 Å². The second-order valence-electron chi connectivity index (χ2n) is 6.45. The van der Waals surface area contributed by atoms with E-state index < -0.39 is 0 Å². The number of aryl methyl sites for hydroxylation is 1. The van der Waals surface area contributed by atoms with Crippen molar-refractivity contribution >= 4 is 52.9 Å². The summed E-state index contributed by atoms with van der Waals surface area (Å²) >= 11 is 0.338. The fourth-order valence-electron chi connectivity index (χ4n) is 3.09. The van der Waals surface area contributed by atoms with Crippen molar-refractivity contribution in [3.05, 3.63) is 70.8 Å². The van der Waals surface area contributed by atoms with Crippen LogP contribution in [0.5, 0.6) is 0 Å². The summed E-state index contributed by atoms with van der Waals surface area (Å²) in [4.78, 5) is 2.12. The molecular formula is C22H21N2Se+. The number of hydrogen-bond donors (Lipinski definition) is 0. The van der Waals surface area contributed by atoms with E-state index in [9.17, 15) is 0 Å². The Kier molecular flexibility index (Phi) is 4.20. The number of anilines is 1. The van der Waals surface area contributed by atoms with Crippen LogP contribution in [0.15, 0.2) is 60.7 Å². The third kappa shape index (κ3) is 3.02. The van der Waals surface area contributed by atoms with Crippen molar-refractivity contribution in [2.75, 3.05) is 19.0 Å². The van der Waals surface area contributed by atoms with Crippen molar-refractivity contribution in [1.29, 1.82) is 0 Å². The molecule has 0 fully saturated rings. The summed E-state index contributed by atoms with van der Waals surface area (Å²) in [5, 5.41) is 2.73. The van der Waals surface area contributed by atoms with Gasteiger partial charge in [-0.05, 0) is 0 Å². The van der Waals surface area contributed by atoms with Crippen LogP contribution in [0.2, 0.25) is 0 Å². The summed E-state index contributed by atoms with van der Waals surface area (Å²) in [6, 6.07) is 21.9. The van der Waals surface area contributed by atoms with Crippen LogP contribution in [0, 0.1) is 0 Å². The van der Waals surface area contributed by atoms with Crippen molar-refractivity contribution in [1.82, 2.24) is 0 Å². The predicted octanol–water partition coefficient (Wildman–Crippen LogP) is 4.11. The Bertz CT molecular complexity index is 1070. The van der Waals surface area contributed by atoms with Gasteiger partial charge in [-0.1, -0.05) is 0 Å². The zero-order chi connectivity index (χ0) is 17.4. The normalized spacial score (nSPS) is 11.6. The first kappa shape index (κ1) is 16.1. The van der Waals surface area contributed by atoms with Crippen LogP contribution in [0.3, 0.4) is 0 Å². The molecule has 0 aliphatic carbocycles. The summed E-state index contributed by atoms with van der Waals surface area (Å²) in [5.41, 5.74) is 3.82. The first-order chi connectivity index (χ1) is 12.1. The van der Waals surface area contributed by atoms with Crippen molar-refractivity contribution in [3.63, 3.8) is 0 Å². The van der Waals surface area contributed by atoms with E-state index in [1.165, 1.54) is 36.4 Å². The third-order valence-electron chi connectivity index (χ3n) is 4.59. The van der Waals surface area contributed by atoms with E-state index in [2.05, 4.69) is 103 Å². The second-order valence-corrected chi connectivity index (χ2v) is 8.62. The molecule has 0 saturated heterocycles. The number of benzene rings is 3. The average Bonchev–Trinajstić information content (AvgIpc) is 2.97. The molecule has 3 heteroatoms. The Hall–Kier alpha value is -2.35. The second kappa shape index (κ2) is 6.51. The van der Waals surface area contributed by atoms with Crippen LogP contribution in [0.25, 0.3) is 32.7 Å². The quantitative estimate of drug-likeness (QED) is 0.376.